The van der Waals surface area contributed by atoms with Gasteiger partial charge in [-0.1, -0.05) is 18.0 Å². The first kappa shape index (κ1) is 10.1. The van der Waals surface area contributed by atoms with Crippen LogP contribution >= 0.6 is 0 Å². The van der Waals surface area contributed by atoms with Crippen LogP contribution in [-0.4, -0.2) is 35.0 Å². The molecule has 1 saturated heterocycles. The molecule has 3 nitrogen and oxygen atoms in total. The average molecular weight is 180 g/mol. The molecule has 1 N–H and O–H groups in total. The molecular weight excluding hydrogens is 164 g/mol. The van der Waals surface area contributed by atoms with E-state index in [2.05, 4.69) is 29.8 Å². The van der Waals surface area contributed by atoms with Crippen LogP contribution in [0.15, 0.2) is 5.16 Å². The zero-order chi connectivity index (χ0) is 9.84. The van der Waals surface area contributed by atoms with Gasteiger partial charge in [0.2, 0.25) is 0 Å². The Morgan fingerprint density at radius 2 is 2.38 bits per heavy atom. The lowest BCUT2D eigenvalue weighted by Gasteiger charge is -2.35. The van der Waals surface area contributed by atoms with Crippen molar-refractivity contribution in [3.05, 3.63) is 0 Å². The molecule has 1 aliphatic heterocycles. The van der Waals surface area contributed by atoms with Crippen molar-refractivity contribution in [1.82, 2.24) is 4.90 Å². The first-order chi connectivity index (χ1) is 6.19. The SMILES string of the molecule is C#CCN1C[C@@H](C)C(=NO)C[C@H]1C. The summed E-state index contributed by atoms with van der Waals surface area (Å²) in [7, 11) is 0. The Hall–Kier alpha value is -1.01. The van der Waals surface area contributed by atoms with Gasteiger partial charge in [-0.05, 0) is 6.92 Å². The van der Waals surface area contributed by atoms with Crippen molar-refractivity contribution in [2.24, 2.45) is 11.1 Å². The zero-order valence-electron chi connectivity index (χ0n) is 8.20. The van der Waals surface area contributed by atoms with Crippen molar-refractivity contribution in [3.8, 4) is 12.3 Å². The van der Waals surface area contributed by atoms with Gasteiger partial charge in [0.15, 0.2) is 0 Å². The summed E-state index contributed by atoms with van der Waals surface area (Å²) in [5.41, 5.74) is 0.890. The molecule has 0 bridgehead atoms. The molecule has 0 spiro atoms. The number of terminal acetylenes is 1. The maximum absolute atomic E-state index is 8.72. The van der Waals surface area contributed by atoms with E-state index in [0.717, 1.165) is 18.7 Å². The minimum atomic E-state index is 0.314. The number of hydrogen-bond donors (Lipinski definition) is 1. The molecule has 1 aliphatic rings. The molecule has 0 aromatic carbocycles. The summed E-state index contributed by atoms with van der Waals surface area (Å²) in [5, 5.41) is 12.0. The van der Waals surface area contributed by atoms with E-state index < -0.39 is 0 Å². The van der Waals surface area contributed by atoms with Crippen LogP contribution < -0.4 is 0 Å². The topological polar surface area (TPSA) is 35.8 Å². The van der Waals surface area contributed by atoms with Crippen molar-refractivity contribution in [3.63, 3.8) is 0 Å². The Balaban J connectivity index is 2.62. The number of rotatable bonds is 1. The zero-order valence-corrected chi connectivity index (χ0v) is 8.20. The van der Waals surface area contributed by atoms with Gasteiger partial charge in [0, 0.05) is 24.9 Å². The highest BCUT2D eigenvalue weighted by molar-refractivity contribution is 5.87. The second-order valence-electron chi connectivity index (χ2n) is 3.68. The highest BCUT2D eigenvalue weighted by Gasteiger charge is 2.27. The quantitative estimate of drug-likeness (QED) is 0.373. The molecule has 2 atom stereocenters. The Labute approximate surface area is 79.4 Å². The van der Waals surface area contributed by atoms with E-state index in [-0.39, 0.29) is 0 Å². The summed E-state index contributed by atoms with van der Waals surface area (Å²) < 4.78 is 0. The lowest BCUT2D eigenvalue weighted by atomic mass is 9.93. The van der Waals surface area contributed by atoms with Crippen LogP contribution in [0, 0.1) is 18.3 Å². The normalized spacial score (nSPS) is 33.2. The molecule has 13 heavy (non-hydrogen) atoms. The fourth-order valence-corrected chi connectivity index (χ4v) is 1.75. The molecule has 1 fully saturated rings. The van der Waals surface area contributed by atoms with Crippen molar-refractivity contribution in [2.45, 2.75) is 26.3 Å². The molecule has 0 radical (unpaired) electrons. The summed E-state index contributed by atoms with van der Waals surface area (Å²) >= 11 is 0. The van der Waals surface area contributed by atoms with Crippen LogP contribution in [0.2, 0.25) is 0 Å². The van der Waals surface area contributed by atoms with Gasteiger partial charge in [0.25, 0.3) is 0 Å². The van der Waals surface area contributed by atoms with Crippen LogP contribution in [0.4, 0.5) is 0 Å². The number of hydrogen-bond acceptors (Lipinski definition) is 3. The van der Waals surface area contributed by atoms with Crippen molar-refractivity contribution in [1.29, 1.82) is 0 Å². The highest BCUT2D eigenvalue weighted by atomic mass is 16.4. The summed E-state index contributed by atoms with van der Waals surface area (Å²) in [6.07, 6.45) is 6.08. The van der Waals surface area contributed by atoms with Gasteiger partial charge in [-0.25, -0.2) is 0 Å². The van der Waals surface area contributed by atoms with Crippen LogP contribution in [0.3, 0.4) is 0 Å². The van der Waals surface area contributed by atoms with E-state index in [9.17, 15) is 0 Å². The van der Waals surface area contributed by atoms with E-state index in [1.165, 1.54) is 0 Å². The molecule has 1 rings (SSSR count). The maximum atomic E-state index is 8.72. The predicted octanol–water partition coefficient (Wildman–Crippen LogP) is 1.18. The Bertz CT molecular complexity index is 242. The van der Waals surface area contributed by atoms with Crippen molar-refractivity contribution >= 4 is 5.71 Å². The van der Waals surface area contributed by atoms with Gasteiger partial charge < -0.3 is 5.21 Å². The van der Waals surface area contributed by atoms with Crippen LogP contribution in [0.1, 0.15) is 20.3 Å². The third kappa shape index (κ3) is 2.22. The van der Waals surface area contributed by atoms with Crippen molar-refractivity contribution in [2.75, 3.05) is 13.1 Å². The lowest BCUT2D eigenvalue weighted by molar-refractivity contribution is 0.198. The number of nitrogens with zero attached hydrogens (tertiary/aromatic N) is 2. The summed E-state index contributed by atoms with van der Waals surface area (Å²) in [4.78, 5) is 2.24. The molecule has 0 unspecified atom stereocenters. The summed E-state index contributed by atoms with van der Waals surface area (Å²) in [6, 6.07) is 0.387. The molecular formula is C10H16N2O. The fraction of sp³-hybridized carbons (Fsp3) is 0.700. The van der Waals surface area contributed by atoms with E-state index in [1.54, 1.807) is 0 Å². The minimum Gasteiger partial charge on any atom is -0.411 e. The maximum Gasteiger partial charge on any atom is 0.0627 e. The predicted molar refractivity (Wildman–Crippen MR) is 52.9 cm³/mol. The Morgan fingerprint density at radius 1 is 1.69 bits per heavy atom. The van der Waals surface area contributed by atoms with Gasteiger partial charge in [0.05, 0.1) is 12.3 Å². The van der Waals surface area contributed by atoms with Crippen molar-refractivity contribution < 1.29 is 5.21 Å². The van der Waals surface area contributed by atoms with E-state index in [1.807, 2.05) is 0 Å². The number of likely N-dealkylation sites (tertiary alicyclic amines) is 1. The smallest absolute Gasteiger partial charge is 0.0627 e. The molecule has 72 valence electrons. The number of oxime groups is 1. The molecule has 1 heterocycles. The van der Waals surface area contributed by atoms with Gasteiger partial charge in [-0.3, -0.25) is 4.90 Å². The van der Waals surface area contributed by atoms with Gasteiger partial charge in [0.1, 0.15) is 0 Å². The minimum absolute atomic E-state index is 0.314. The third-order valence-corrected chi connectivity index (χ3v) is 2.63. The summed E-state index contributed by atoms with van der Waals surface area (Å²) in [6.45, 7) is 5.74. The average Bonchev–Trinajstić information content (AvgIpc) is 2.11. The first-order valence-electron chi connectivity index (χ1n) is 4.57. The second kappa shape index (κ2) is 4.29. The Morgan fingerprint density at radius 3 is 2.92 bits per heavy atom. The third-order valence-electron chi connectivity index (χ3n) is 2.63. The molecule has 0 saturated carbocycles. The Kier molecular flexibility index (Phi) is 3.32. The second-order valence-corrected chi connectivity index (χ2v) is 3.68. The monoisotopic (exact) mass is 180 g/mol. The van der Waals surface area contributed by atoms with E-state index >= 15 is 0 Å². The highest BCUT2D eigenvalue weighted by Crippen LogP contribution is 2.18. The number of piperidine rings is 1. The standard InChI is InChI=1S/C10H16N2O/c1-4-5-12-7-8(2)10(11-13)6-9(12)3/h1,8-9,13H,5-7H2,2-3H3/t8-,9-/m1/s1. The van der Waals surface area contributed by atoms with Crippen LogP contribution in [0.5, 0.6) is 0 Å². The van der Waals surface area contributed by atoms with E-state index in [0.29, 0.717) is 18.5 Å². The molecule has 0 aromatic heterocycles. The van der Waals surface area contributed by atoms with Gasteiger partial charge in [-0.2, -0.15) is 0 Å². The molecule has 0 aliphatic carbocycles. The summed E-state index contributed by atoms with van der Waals surface area (Å²) in [5.74, 6) is 2.96. The van der Waals surface area contributed by atoms with Gasteiger partial charge in [-0.15, -0.1) is 6.42 Å². The first-order valence-corrected chi connectivity index (χ1v) is 4.57. The molecule has 3 heteroatoms. The van der Waals surface area contributed by atoms with Crippen LogP contribution in [-0.2, 0) is 0 Å². The molecule has 0 amide bonds. The fourth-order valence-electron chi connectivity index (χ4n) is 1.75. The van der Waals surface area contributed by atoms with Gasteiger partial charge >= 0.3 is 0 Å². The van der Waals surface area contributed by atoms with Crippen LogP contribution in [0.25, 0.3) is 0 Å². The largest absolute Gasteiger partial charge is 0.411 e. The molecule has 0 aromatic rings. The van der Waals surface area contributed by atoms with E-state index in [4.69, 9.17) is 11.6 Å². The lowest BCUT2D eigenvalue weighted by Crippen LogP contribution is -2.45.